The maximum absolute atomic E-state index is 13.0. The molecule has 0 aromatic heterocycles. The van der Waals surface area contributed by atoms with Crippen LogP contribution in [0, 0.1) is 5.92 Å². The Morgan fingerprint density at radius 2 is 1.67 bits per heavy atom. The number of allylic oxidation sites excluding steroid dienone is 1. The van der Waals surface area contributed by atoms with Gasteiger partial charge in [-0.15, -0.1) is 0 Å². The minimum Gasteiger partial charge on any atom is -0.466 e. The smallest absolute Gasteiger partial charge is 0.336 e. The van der Waals surface area contributed by atoms with Gasteiger partial charge in [-0.2, -0.15) is 0 Å². The lowest BCUT2D eigenvalue weighted by Gasteiger charge is -2.33. The van der Waals surface area contributed by atoms with E-state index in [4.69, 9.17) is 4.74 Å². The van der Waals surface area contributed by atoms with Crippen LogP contribution < -0.4 is 10.2 Å². The number of nitrogens with one attached hydrogen (secondary N) is 1. The summed E-state index contributed by atoms with van der Waals surface area (Å²) in [6, 6.07) is 15.3. The van der Waals surface area contributed by atoms with Gasteiger partial charge in [-0.1, -0.05) is 18.2 Å². The molecule has 1 atom stereocenters. The molecule has 0 aliphatic carbocycles. The first-order chi connectivity index (χ1) is 14.3. The Morgan fingerprint density at radius 3 is 2.23 bits per heavy atom. The summed E-state index contributed by atoms with van der Waals surface area (Å²) in [5.41, 5.74) is 2.09. The summed E-state index contributed by atoms with van der Waals surface area (Å²) in [5, 5.41) is 2.72. The molecule has 0 saturated heterocycles. The van der Waals surface area contributed by atoms with Crippen LogP contribution in [0.3, 0.4) is 0 Å². The molecule has 2 aromatic carbocycles. The third-order valence-corrected chi connectivity index (χ3v) is 5.00. The fourth-order valence-corrected chi connectivity index (χ4v) is 3.48. The Morgan fingerprint density at radius 1 is 1.03 bits per heavy atom. The van der Waals surface area contributed by atoms with Crippen molar-refractivity contribution in [2.75, 3.05) is 17.3 Å². The Hall–Kier alpha value is -3.74. The molecule has 30 heavy (non-hydrogen) atoms. The van der Waals surface area contributed by atoms with Crippen molar-refractivity contribution in [2.24, 2.45) is 5.92 Å². The predicted octanol–water partition coefficient (Wildman–Crippen LogP) is 3.33. The summed E-state index contributed by atoms with van der Waals surface area (Å²) in [4.78, 5) is 51.2. The van der Waals surface area contributed by atoms with E-state index in [0.717, 1.165) is 0 Å². The van der Waals surface area contributed by atoms with E-state index in [9.17, 15) is 19.2 Å². The highest BCUT2D eigenvalue weighted by Gasteiger charge is 2.40. The van der Waals surface area contributed by atoms with Gasteiger partial charge in [-0.05, 0) is 50.2 Å². The van der Waals surface area contributed by atoms with Crippen molar-refractivity contribution in [1.82, 2.24) is 0 Å². The van der Waals surface area contributed by atoms with Crippen LogP contribution in [-0.2, 0) is 19.1 Å². The van der Waals surface area contributed by atoms with Crippen LogP contribution >= 0.6 is 0 Å². The maximum Gasteiger partial charge on any atom is 0.336 e. The van der Waals surface area contributed by atoms with Gasteiger partial charge in [0.05, 0.1) is 18.6 Å². The molecule has 0 spiro atoms. The van der Waals surface area contributed by atoms with Gasteiger partial charge in [0, 0.05) is 29.1 Å². The molecule has 1 heterocycles. The number of carbonyl (C=O) groups excluding carboxylic acids is 4. The first-order valence-electron chi connectivity index (χ1n) is 9.42. The molecule has 1 N–H and O–H groups in total. The predicted molar refractivity (Wildman–Crippen MR) is 112 cm³/mol. The van der Waals surface area contributed by atoms with E-state index in [1.54, 1.807) is 55.5 Å². The molecule has 0 radical (unpaired) electrons. The molecule has 1 aliphatic rings. The molecule has 7 heteroatoms. The van der Waals surface area contributed by atoms with Crippen molar-refractivity contribution in [3.63, 3.8) is 0 Å². The highest BCUT2D eigenvalue weighted by Crippen LogP contribution is 2.34. The number of rotatable bonds is 5. The number of benzene rings is 2. The zero-order valence-electron chi connectivity index (χ0n) is 17.0. The number of para-hydroxylation sites is 1. The largest absolute Gasteiger partial charge is 0.466 e. The SMILES string of the molecule is COC(=O)C1=C(C)N(c2ccccc2)C(=O)C[C@H]1C(=O)Nc1ccc(C(C)=O)cc1. The van der Waals surface area contributed by atoms with Crippen LogP contribution in [0.1, 0.15) is 30.6 Å². The van der Waals surface area contributed by atoms with Gasteiger partial charge in [0.2, 0.25) is 11.8 Å². The van der Waals surface area contributed by atoms with E-state index >= 15 is 0 Å². The second kappa shape index (κ2) is 8.73. The Bertz CT molecular complexity index is 1030. The molecule has 7 nitrogen and oxygen atoms in total. The zero-order chi connectivity index (χ0) is 21.8. The third-order valence-electron chi connectivity index (χ3n) is 5.00. The number of ketones is 1. The van der Waals surface area contributed by atoms with Crippen LogP contribution in [0.25, 0.3) is 0 Å². The molecule has 3 rings (SSSR count). The third kappa shape index (κ3) is 4.15. The summed E-state index contributed by atoms with van der Waals surface area (Å²) in [5.74, 6) is -2.52. The topological polar surface area (TPSA) is 92.8 Å². The van der Waals surface area contributed by atoms with E-state index in [2.05, 4.69) is 5.32 Å². The number of carbonyl (C=O) groups is 4. The molecule has 154 valence electrons. The number of nitrogens with zero attached hydrogens (tertiary/aromatic N) is 1. The van der Waals surface area contributed by atoms with Crippen LogP contribution in [0.15, 0.2) is 65.9 Å². The number of esters is 1. The van der Waals surface area contributed by atoms with Crippen molar-refractivity contribution >= 4 is 34.9 Å². The number of methoxy groups -OCH3 is 1. The van der Waals surface area contributed by atoms with E-state index < -0.39 is 17.8 Å². The van der Waals surface area contributed by atoms with Crippen molar-refractivity contribution in [1.29, 1.82) is 0 Å². The van der Waals surface area contributed by atoms with Crippen molar-refractivity contribution in [3.05, 3.63) is 71.4 Å². The average molecular weight is 406 g/mol. The summed E-state index contributed by atoms with van der Waals surface area (Å²) in [7, 11) is 1.24. The lowest BCUT2D eigenvalue weighted by Crippen LogP contribution is -2.43. The standard InChI is InChI=1S/C23H22N2O5/c1-14-21(23(29)30-3)19(13-20(27)25(14)18-7-5-4-6-8-18)22(28)24-17-11-9-16(10-12-17)15(2)26/h4-12,19H,13H2,1-3H3,(H,24,28)/t19-/m1/s1. The highest BCUT2D eigenvalue weighted by molar-refractivity contribution is 6.10. The first-order valence-corrected chi connectivity index (χ1v) is 9.42. The number of ether oxygens (including phenoxy) is 1. The van der Waals surface area contributed by atoms with Gasteiger partial charge in [-0.3, -0.25) is 19.3 Å². The Labute approximate surface area is 174 Å². The normalized spacial score (nSPS) is 16.3. The Balaban J connectivity index is 1.94. The van der Waals surface area contributed by atoms with E-state index in [1.165, 1.54) is 18.9 Å². The number of anilines is 2. The summed E-state index contributed by atoms with van der Waals surface area (Å²) >= 11 is 0. The van der Waals surface area contributed by atoms with Gasteiger partial charge in [-0.25, -0.2) is 4.79 Å². The van der Waals surface area contributed by atoms with Crippen molar-refractivity contribution in [3.8, 4) is 0 Å². The molecule has 0 fully saturated rings. The molecule has 1 aliphatic heterocycles. The fraction of sp³-hybridized carbons (Fsp3) is 0.217. The van der Waals surface area contributed by atoms with E-state index in [1.807, 2.05) is 6.07 Å². The summed E-state index contributed by atoms with van der Waals surface area (Å²) in [6.45, 7) is 3.08. The number of hydrogen-bond acceptors (Lipinski definition) is 5. The lowest BCUT2D eigenvalue weighted by atomic mass is 9.88. The average Bonchev–Trinajstić information content (AvgIpc) is 2.74. The Kier molecular flexibility index (Phi) is 6.11. The van der Waals surface area contributed by atoms with Gasteiger partial charge < -0.3 is 10.1 Å². The monoisotopic (exact) mass is 406 g/mol. The molecular weight excluding hydrogens is 384 g/mol. The van der Waals surface area contributed by atoms with Gasteiger partial charge in [0.15, 0.2) is 5.78 Å². The second-order valence-electron chi connectivity index (χ2n) is 6.93. The van der Waals surface area contributed by atoms with Crippen molar-refractivity contribution in [2.45, 2.75) is 20.3 Å². The quantitative estimate of drug-likeness (QED) is 0.607. The van der Waals surface area contributed by atoms with Crippen LogP contribution in [-0.4, -0.2) is 30.7 Å². The molecule has 2 amide bonds. The van der Waals surface area contributed by atoms with Gasteiger partial charge in [0.1, 0.15) is 0 Å². The van der Waals surface area contributed by atoms with E-state index in [0.29, 0.717) is 22.6 Å². The number of hydrogen-bond donors (Lipinski definition) is 1. The second-order valence-corrected chi connectivity index (χ2v) is 6.93. The number of amides is 2. The minimum absolute atomic E-state index is 0.0849. The lowest BCUT2D eigenvalue weighted by molar-refractivity contribution is -0.138. The minimum atomic E-state index is -0.989. The molecule has 0 unspecified atom stereocenters. The zero-order valence-corrected chi connectivity index (χ0v) is 17.0. The van der Waals surface area contributed by atoms with Gasteiger partial charge in [0.25, 0.3) is 0 Å². The van der Waals surface area contributed by atoms with Crippen LogP contribution in [0.5, 0.6) is 0 Å². The molecule has 0 bridgehead atoms. The molecule has 2 aromatic rings. The highest BCUT2D eigenvalue weighted by atomic mass is 16.5. The first kappa shape index (κ1) is 21.0. The van der Waals surface area contributed by atoms with E-state index in [-0.39, 0.29) is 23.7 Å². The van der Waals surface area contributed by atoms with Gasteiger partial charge >= 0.3 is 5.97 Å². The molecule has 0 saturated carbocycles. The van der Waals surface area contributed by atoms with Crippen molar-refractivity contribution < 1.29 is 23.9 Å². The summed E-state index contributed by atoms with van der Waals surface area (Å²) in [6.07, 6.45) is -0.173. The number of Topliss-reactive ketones (excluding diaryl/α,β-unsaturated/α-hetero) is 1. The fourth-order valence-electron chi connectivity index (χ4n) is 3.48. The summed E-state index contributed by atoms with van der Waals surface area (Å²) < 4.78 is 4.90. The molecular formula is C23H22N2O5. The van der Waals surface area contributed by atoms with Crippen LogP contribution in [0.2, 0.25) is 0 Å². The maximum atomic E-state index is 13.0. The van der Waals surface area contributed by atoms with Crippen LogP contribution in [0.4, 0.5) is 11.4 Å².